The minimum absolute atomic E-state index is 0.0159. The summed E-state index contributed by atoms with van der Waals surface area (Å²) in [4.78, 5) is 0. The molecule has 2 atom stereocenters. The highest BCUT2D eigenvalue weighted by molar-refractivity contribution is 4.94. The fraction of sp³-hybridized carbons (Fsp3) is 1.00. The van der Waals surface area contributed by atoms with Gasteiger partial charge in [-0.05, 0) is 25.7 Å². The molecule has 2 N–H and O–H groups in total. The van der Waals surface area contributed by atoms with Gasteiger partial charge in [0.05, 0.1) is 12.2 Å². The van der Waals surface area contributed by atoms with Crippen LogP contribution in [0, 0.1) is 5.41 Å². The third kappa shape index (κ3) is 2.97. The molecule has 0 amide bonds. The molecule has 2 heterocycles. The molecule has 19 heavy (non-hydrogen) atoms. The van der Waals surface area contributed by atoms with Crippen LogP contribution in [0.2, 0.25) is 0 Å². The maximum Gasteiger partial charge on any atom is 0.0951 e. The minimum Gasteiger partial charge on any atom is -0.396 e. The van der Waals surface area contributed by atoms with Crippen molar-refractivity contribution in [3.63, 3.8) is 0 Å². The van der Waals surface area contributed by atoms with Crippen LogP contribution in [0.25, 0.3) is 0 Å². The van der Waals surface area contributed by atoms with Crippen molar-refractivity contribution in [2.45, 2.75) is 56.6 Å². The number of hydrogen-bond donors (Lipinski definition) is 2. The van der Waals surface area contributed by atoms with Gasteiger partial charge < -0.3 is 19.9 Å². The molecule has 4 heteroatoms. The average Bonchev–Trinajstić information content (AvgIpc) is 3.07. The summed E-state index contributed by atoms with van der Waals surface area (Å²) in [6.45, 7) is 3.74. The van der Waals surface area contributed by atoms with Gasteiger partial charge in [0.1, 0.15) is 0 Å². The van der Waals surface area contributed by atoms with Crippen molar-refractivity contribution in [1.82, 2.24) is 5.32 Å². The van der Waals surface area contributed by atoms with Crippen LogP contribution in [-0.4, -0.2) is 49.7 Å². The van der Waals surface area contributed by atoms with E-state index in [1.807, 2.05) is 0 Å². The Kier molecular flexibility index (Phi) is 4.13. The summed E-state index contributed by atoms with van der Waals surface area (Å²) < 4.78 is 11.5. The molecule has 0 aromatic rings. The van der Waals surface area contributed by atoms with Gasteiger partial charge in [-0.3, -0.25) is 0 Å². The third-order valence-electron chi connectivity index (χ3n) is 5.33. The Bertz CT molecular complexity index is 296. The van der Waals surface area contributed by atoms with Gasteiger partial charge in [0, 0.05) is 44.2 Å². The first-order valence-electron chi connectivity index (χ1n) is 7.82. The summed E-state index contributed by atoms with van der Waals surface area (Å²) >= 11 is 0. The largest absolute Gasteiger partial charge is 0.396 e. The fourth-order valence-electron chi connectivity index (χ4n) is 3.94. The van der Waals surface area contributed by atoms with Crippen LogP contribution in [0.3, 0.4) is 0 Å². The lowest BCUT2D eigenvalue weighted by atomic mass is 9.85. The molecule has 110 valence electrons. The number of aliphatic hydroxyl groups excluding tert-OH is 1. The average molecular weight is 269 g/mol. The van der Waals surface area contributed by atoms with Crippen molar-refractivity contribution in [1.29, 1.82) is 0 Å². The first-order chi connectivity index (χ1) is 9.26. The highest BCUT2D eigenvalue weighted by Crippen LogP contribution is 2.38. The molecule has 2 saturated heterocycles. The van der Waals surface area contributed by atoms with E-state index in [1.54, 1.807) is 0 Å². The zero-order valence-electron chi connectivity index (χ0n) is 11.8. The lowest BCUT2D eigenvalue weighted by Crippen LogP contribution is -2.50. The monoisotopic (exact) mass is 269 g/mol. The van der Waals surface area contributed by atoms with Gasteiger partial charge in [0.2, 0.25) is 0 Å². The molecule has 2 aliphatic heterocycles. The molecule has 4 nitrogen and oxygen atoms in total. The molecule has 3 rings (SSSR count). The van der Waals surface area contributed by atoms with E-state index in [0.29, 0.717) is 12.6 Å². The Morgan fingerprint density at radius 2 is 2.00 bits per heavy atom. The predicted octanol–water partition coefficient (Wildman–Crippen LogP) is 1.47. The number of hydrogen-bond acceptors (Lipinski definition) is 4. The molecule has 0 bridgehead atoms. The molecule has 2 unspecified atom stereocenters. The normalized spacial score (nSPS) is 38.1. The highest BCUT2D eigenvalue weighted by atomic mass is 16.6. The standard InChI is InChI=1S/C15H27NO3/c17-11-14(4-1-2-5-14)10-16-13-3-7-19-15(9-13)6-8-18-12-15/h13,16-17H,1-12H2. The van der Waals surface area contributed by atoms with Gasteiger partial charge in [-0.25, -0.2) is 0 Å². The van der Waals surface area contributed by atoms with E-state index < -0.39 is 0 Å². The number of nitrogens with one attached hydrogen (secondary N) is 1. The Morgan fingerprint density at radius 3 is 2.68 bits per heavy atom. The number of aliphatic hydroxyl groups is 1. The van der Waals surface area contributed by atoms with Crippen LogP contribution >= 0.6 is 0 Å². The Morgan fingerprint density at radius 1 is 1.16 bits per heavy atom. The second-order valence-corrected chi connectivity index (χ2v) is 6.77. The Hall–Kier alpha value is -0.160. The smallest absolute Gasteiger partial charge is 0.0951 e. The molecule has 3 fully saturated rings. The fourth-order valence-corrected chi connectivity index (χ4v) is 3.94. The summed E-state index contributed by atoms with van der Waals surface area (Å²) in [5.74, 6) is 0. The quantitative estimate of drug-likeness (QED) is 0.811. The summed E-state index contributed by atoms with van der Waals surface area (Å²) in [5, 5.41) is 13.4. The highest BCUT2D eigenvalue weighted by Gasteiger charge is 2.41. The van der Waals surface area contributed by atoms with Crippen LogP contribution < -0.4 is 5.32 Å². The van der Waals surface area contributed by atoms with E-state index in [4.69, 9.17) is 9.47 Å². The zero-order valence-corrected chi connectivity index (χ0v) is 11.8. The first-order valence-corrected chi connectivity index (χ1v) is 7.82. The number of rotatable bonds is 4. The van der Waals surface area contributed by atoms with E-state index in [9.17, 15) is 5.11 Å². The van der Waals surface area contributed by atoms with Crippen LogP contribution in [0.4, 0.5) is 0 Å². The van der Waals surface area contributed by atoms with Crippen molar-refractivity contribution >= 4 is 0 Å². The van der Waals surface area contributed by atoms with Gasteiger partial charge in [-0.1, -0.05) is 12.8 Å². The summed E-state index contributed by atoms with van der Waals surface area (Å²) in [6.07, 6.45) is 8.08. The lowest BCUT2D eigenvalue weighted by molar-refractivity contribution is -0.0903. The van der Waals surface area contributed by atoms with Gasteiger partial charge in [0.15, 0.2) is 0 Å². The first kappa shape index (κ1) is 13.8. The predicted molar refractivity (Wildman–Crippen MR) is 73.1 cm³/mol. The van der Waals surface area contributed by atoms with Crippen molar-refractivity contribution in [3.05, 3.63) is 0 Å². The second kappa shape index (κ2) is 5.68. The summed E-state index contributed by atoms with van der Waals surface area (Å²) in [5.41, 5.74) is 0.135. The molecule has 1 spiro atoms. The van der Waals surface area contributed by atoms with Crippen LogP contribution in [-0.2, 0) is 9.47 Å². The molecule has 0 aromatic heterocycles. The van der Waals surface area contributed by atoms with Crippen LogP contribution in [0.5, 0.6) is 0 Å². The van der Waals surface area contributed by atoms with Crippen molar-refractivity contribution in [2.24, 2.45) is 5.41 Å². The van der Waals surface area contributed by atoms with E-state index in [-0.39, 0.29) is 11.0 Å². The van der Waals surface area contributed by atoms with Crippen molar-refractivity contribution < 1.29 is 14.6 Å². The third-order valence-corrected chi connectivity index (χ3v) is 5.33. The molecular formula is C15H27NO3. The Balaban J connectivity index is 1.52. The molecule has 1 aliphatic carbocycles. The van der Waals surface area contributed by atoms with Crippen molar-refractivity contribution in [2.75, 3.05) is 33.0 Å². The molecule has 1 saturated carbocycles. The Labute approximate surface area is 115 Å². The van der Waals surface area contributed by atoms with Crippen molar-refractivity contribution in [3.8, 4) is 0 Å². The van der Waals surface area contributed by atoms with Gasteiger partial charge in [0.25, 0.3) is 0 Å². The summed E-state index contributed by atoms with van der Waals surface area (Å²) in [7, 11) is 0. The van der Waals surface area contributed by atoms with E-state index in [2.05, 4.69) is 5.32 Å². The SMILES string of the molecule is OCC1(CNC2CCOC3(CCOC3)C2)CCCC1. The molecule has 3 aliphatic rings. The second-order valence-electron chi connectivity index (χ2n) is 6.77. The maximum atomic E-state index is 9.67. The molecule has 0 radical (unpaired) electrons. The van der Waals surface area contributed by atoms with E-state index in [1.165, 1.54) is 25.7 Å². The van der Waals surface area contributed by atoms with Gasteiger partial charge in [-0.15, -0.1) is 0 Å². The number of ether oxygens (including phenoxy) is 2. The van der Waals surface area contributed by atoms with Gasteiger partial charge in [-0.2, -0.15) is 0 Å². The zero-order chi connectivity index (χ0) is 13.2. The topological polar surface area (TPSA) is 50.7 Å². The lowest BCUT2D eigenvalue weighted by Gasteiger charge is -2.39. The van der Waals surface area contributed by atoms with E-state index >= 15 is 0 Å². The molecule has 0 aromatic carbocycles. The minimum atomic E-state index is -0.0159. The maximum absolute atomic E-state index is 9.67. The van der Waals surface area contributed by atoms with Gasteiger partial charge >= 0.3 is 0 Å². The van der Waals surface area contributed by atoms with Crippen LogP contribution in [0.15, 0.2) is 0 Å². The summed E-state index contributed by atoms with van der Waals surface area (Å²) in [6, 6.07) is 0.527. The molecular weight excluding hydrogens is 242 g/mol. The van der Waals surface area contributed by atoms with Crippen LogP contribution in [0.1, 0.15) is 44.9 Å². The van der Waals surface area contributed by atoms with E-state index in [0.717, 1.165) is 45.6 Å².